The van der Waals surface area contributed by atoms with Crippen LogP contribution in [0.2, 0.25) is 0 Å². The highest BCUT2D eigenvalue weighted by Gasteiger charge is 2.08. The van der Waals surface area contributed by atoms with Crippen molar-refractivity contribution in [2.75, 3.05) is 0 Å². The lowest BCUT2D eigenvalue weighted by Crippen LogP contribution is -1.85. The first-order chi connectivity index (χ1) is 5.69. The molecule has 0 aliphatic carbocycles. The first kappa shape index (κ1) is 8.16. The Labute approximate surface area is 67.5 Å². The molecule has 0 aliphatic rings. The molecule has 0 unspecified atom stereocenters. The van der Waals surface area contributed by atoms with Gasteiger partial charge in [-0.15, -0.1) is 0 Å². The zero-order valence-electron chi connectivity index (χ0n) is 5.81. The fraction of sp³-hybridized carbons (Fsp3) is 0. The molecule has 0 fully saturated rings. The van der Waals surface area contributed by atoms with Crippen molar-refractivity contribution in [3.05, 3.63) is 40.7 Å². The maximum Gasteiger partial charge on any atom is 0.207 e. The fourth-order valence-corrected chi connectivity index (χ4v) is 0.718. The van der Waals surface area contributed by atoms with Crippen molar-refractivity contribution in [3.8, 4) is 6.07 Å². The van der Waals surface area contributed by atoms with E-state index >= 15 is 0 Å². The van der Waals surface area contributed by atoms with Crippen LogP contribution in [0.1, 0.15) is 5.56 Å². The van der Waals surface area contributed by atoms with Gasteiger partial charge in [0.05, 0.1) is 18.2 Å². The zero-order valence-corrected chi connectivity index (χ0v) is 5.81. The van der Waals surface area contributed by atoms with Crippen LogP contribution in [0.3, 0.4) is 0 Å². The van der Waals surface area contributed by atoms with Gasteiger partial charge in [-0.25, -0.2) is 13.6 Å². The lowest BCUT2D eigenvalue weighted by atomic mass is 10.2. The highest BCUT2D eigenvalue weighted by molar-refractivity contribution is 5.58. The van der Waals surface area contributed by atoms with E-state index in [9.17, 15) is 8.78 Å². The molecule has 0 spiro atoms. The second-order valence-corrected chi connectivity index (χ2v) is 2.01. The molecule has 0 amide bonds. The molecule has 0 heterocycles. The maximum atomic E-state index is 12.5. The molecular weight excluding hydrogens is 162 g/mol. The van der Waals surface area contributed by atoms with Gasteiger partial charge >= 0.3 is 0 Å². The van der Waals surface area contributed by atoms with Gasteiger partial charge in [-0.2, -0.15) is 5.26 Å². The van der Waals surface area contributed by atoms with E-state index in [0.717, 1.165) is 0 Å². The van der Waals surface area contributed by atoms with E-state index in [1.54, 1.807) is 6.07 Å². The average molecular weight is 164 g/mol. The first-order valence-electron chi connectivity index (χ1n) is 2.95. The molecule has 58 valence electrons. The summed E-state index contributed by atoms with van der Waals surface area (Å²) in [6, 6.07) is 3.01. The third kappa shape index (κ3) is 1.23. The SMILES string of the molecule is [C-]#[N+]c1cc(F)c(F)cc1C#N. The van der Waals surface area contributed by atoms with E-state index in [4.69, 9.17) is 11.8 Å². The summed E-state index contributed by atoms with van der Waals surface area (Å²) in [6.07, 6.45) is 0. The Hall–Kier alpha value is -1.94. The molecule has 1 aromatic carbocycles. The van der Waals surface area contributed by atoms with E-state index in [1.165, 1.54) is 0 Å². The number of hydrogen-bond donors (Lipinski definition) is 0. The Morgan fingerprint density at radius 3 is 2.42 bits per heavy atom. The second-order valence-electron chi connectivity index (χ2n) is 2.01. The van der Waals surface area contributed by atoms with Gasteiger partial charge in [0.2, 0.25) is 5.69 Å². The van der Waals surface area contributed by atoms with Crippen LogP contribution in [0, 0.1) is 29.5 Å². The summed E-state index contributed by atoms with van der Waals surface area (Å²) in [5.74, 6) is -2.22. The number of nitriles is 1. The number of rotatable bonds is 0. The average Bonchev–Trinajstić information content (AvgIpc) is 2.09. The van der Waals surface area contributed by atoms with Crippen molar-refractivity contribution in [2.45, 2.75) is 0 Å². The summed E-state index contributed by atoms with van der Waals surface area (Å²) in [6.45, 7) is 6.54. The molecule has 0 aromatic heterocycles. The lowest BCUT2D eigenvalue weighted by molar-refractivity contribution is 0.509. The predicted molar refractivity (Wildman–Crippen MR) is 37.3 cm³/mol. The van der Waals surface area contributed by atoms with E-state index in [0.29, 0.717) is 12.1 Å². The molecule has 0 aliphatic heterocycles. The monoisotopic (exact) mass is 164 g/mol. The van der Waals surface area contributed by atoms with Crippen LogP contribution in [0.4, 0.5) is 14.5 Å². The van der Waals surface area contributed by atoms with Gasteiger partial charge in [-0.05, 0) is 12.1 Å². The number of benzene rings is 1. The Morgan fingerprint density at radius 1 is 1.33 bits per heavy atom. The third-order valence-corrected chi connectivity index (χ3v) is 1.28. The number of nitrogens with zero attached hydrogens (tertiary/aromatic N) is 2. The van der Waals surface area contributed by atoms with Gasteiger partial charge in [-0.3, -0.25) is 0 Å². The van der Waals surface area contributed by atoms with Crippen LogP contribution in [0.15, 0.2) is 12.1 Å². The lowest BCUT2D eigenvalue weighted by Gasteiger charge is -1.95. The minimum absolute atomic E-state index is 0.149. The summed E-state index contributed by atoms with van der Waals surface area (Å²) in [4.78, 5) is 2.86. The topological polar surface area (TPSA) is 28.1 Å². The highest BCUT2D eigenvalue weighted by atomic mass is 19.2. The van der Waals surface area contributed by atoms with Gasteiger partial charge in [0, 0.05) is 0 Å². The van der Waals surface area contributed by atoms with Crippen molar-refractivity contribution >= 4 is 5.69 Å². The zero-order chi connectivity index (χ0) is 9.14. The molecule has 12 heavy (non-hydrogen) atoms. The Balaban J connectivity index is 3.44. The van der Waals surface area contributed by atoms with Crippen LogP contribution in [0.5, 0.6) is 0 Å². The normalized spacial score (nSPS) is 8.67. The molecule has 1 aromatic rings. The molecule has 2 nitrogen and oxygen atoms in total. The smallest absolute Gasteiger partial charge is 0.207 e. The molecule has 4 heteroatoms. The van der Waals surface area contributed by atoms with Gasteiger partial charge in [0.1, 0.15) is 5.82 Å². The molecule has 1 rings (SSSR count). The van der Waals surface area contributed by atoms with Crippen molar-refractivity contribution in [1.82, 2.24) is 0 Å². The van der Waals surface area contributed by atoms with Crippen LogP contribution >= 0.6 is 0 Å². The first-order valence-corrected chi connectivity index (χ1v) is 2.95. The molecular formula is C8H2F2N2. The largest absolute Gasteiger partial charge is 0.237 e. The van der Waals surface area contributed by atoms with Crippen molar-refractivity contribution in [3.63, 3.8) is 0 Å². The Kier molecular flexibility index (Phi) is 2.02. The summed E-state index contributed by atoms with van der Waals surface area (Å²) in [5.41, 5.74) is -0.319. The van der Waals surface area contributed by atoms with Crippen LogP contribution < -0.4 is 0 Å². The van der Waals surface area contributed by atoms with E-state index < -0.39 is 11.6 Å². The third-order valence-electron chi connectivity index (χ3n) is 1.28. The minimum atomic E-state index is -1.11. The predicted octanol–water partition coefficient (Wildman–Crippen LogP) is 2.39. The molecule has 0 bridgehead atoms. The number of hydrogen-bond acceptors (Lipinski definition) is 1. The summed E-state index contributed by atoms with van der Waals surface area (Å²) >= 11 is 0. The van der Waals surface area contributed by atoms with Crippen LogP contribution in [-0.4, -0.2) is 0 Å². The van der Waals surface area contributed by atoms with E-state index in [1.807, 2.05) is 0 Å². The summed E-state index contributed by atoms with van der Waals surface area (Å²) in [7, 11) is 0. The Bertz CT molecular complexity index is 360. The summed E-state index contributed by atoms with van der Waals surface area (Å²) in [5, 5.41) is 8.38. The molecule has 0 saturated carbocycles. The van der Waals surface area contributed by atoms with Gasteiger partial charge in [0.25, 0.3) is 0 Å². The molecule has 0 radical (unpaired) electrons. The Morgan fingerprint density at radius 2 is 1.92 bits per heavy atom. The molecule has 0 atom stereocenters. The van der Waals surface area contributed by atoms with Crippen LogP contribution in [-0.2, 0) is 0 Å². The quantitative estimate of drug-likeness (QED) is 0.541. The van der Waals surface area contributed by atoms with Crippen molar-refractivity contribution in [1.29, 1.82) is 5.26 Å². The number of halogens is 2. The van der Waals surface area contributed by atoms with Gasteiger partial charge < -0.3 is 0 Å². The summed E-state index contributed by atoms with van der Waals surface area (Å²) < 4.78 is 24.9. The van der Waals surface area contributed by atoms with Gasteiger partial charge in [-0.1, -0.05) is 0 Å². The van der Waals surface area contributed by atoms with Gasteiger partial charge in [0.15, 0.2) is 5.82 Å². The fourth-order valence-electron chi connectivity index (χ4n) is 0.718. The van der Waals surface area contributed by atoms with Crippen molar-refractivity contribution in [2.24, 2.45) is 0 Å². The van der Waals surface area contributed by atoms with Crippen molar-refractivity contribution < 1.29 is 8.78 Å². The maximum absolute atomic E-state index is 12.5. The minimum Gasteiger partial charge on any atom is -0.237 e. The van der Waals surface area contributed by atoms with Crippen LogP contribution in [0.25, 0.3) is 4.85 Å². The van der Waals surface area contributed by atoms with E-state index in [2.05, 4.69) is 4.85 Å². The second kappa shape index (κ2) is 2.98. The van der Waals surface area contributed by atoms with E-state index in [-0.39, 0.29) is 11.3 Å². The highest BCUT2D eigenvalue weighted by Crippen LogP contribution is 2.21. The standard InChI is InChI=1S/C8H2F2N2/c1-12-8-3-7(10)6(9)2-5(8)4-11/h2-3H. The molecule has 0 saturated heterocycles. The molecule has 0 N–H and O–H groups in total.